The van der Waals surface area contributed by atoms with E-state index in [1.165, 1.54) is 11.7 Å². The molecule has 2 aromatic carbocycles. The van der Waals surface area contributed by atoms with Crippen molar-refractivity contribution in [2.45, 2.75) is 13.5 Å². The lowest BCUT2D eigenvalue weighted by atomic mass is 10.1. The fourth-order valence-corrected chi connectivity index (χ4v) is 2.70. The van der Waals surface area contributed by atoms with Gasteiger partial charge in [-0.05, 0) is 53.3 Å². The summed E-state index contributed by atoms with van der Waals surface area (Å²) in [6, 6.07) is 12.8. The summed E-state index contributed by atoms with van der Waals surface area (Å²) in [7, 11) is 3.08. The highest BCUT2D eigenvalue weighted by atomic mass is 35.5. The number of oxime groups is 1. The van der Waals surface area contributed by atoms with Crippen molar-refractivity contribution in [2.24, 2.45) is 12.2 Å². The fraction of sp³-hybridized carbons (Fsp3) is 0.200. The van der Waals surface area contributed by atoms with Crippen LogP contribution in [0.1, 0.15) is 18.1 Å². The minimum absolute atomic E-state index is 0.0918. The fourth-order valence-electron chi connectivity index (χ4n) is 2.57. The first kappa shape index (κ1) is 20.3. The summed E-state index contributed by atoms with van der Waals surface area (Å²) < 4.78 is 7.74. The van der Waals surface area contributed by atoms with E-state index in [-0.39, 0.29) is 12.3 Å². The second-order valence-corrected chi connectivity index (χ2v) is 6.58. The molecule has 0 atom stereocenters. The van der Waals surface area contributed by atoms with Crippen molar-refractivity contribution < 1.29 is 9.57 Å². The van der Waals surface area contributed by atoms with Crippen molar-refractivity contribution in [3.8, 4) is 11.4 Å². The zero-order chi connectivity index (χ0) is 20.8. The number of halogens is 1. The van der Waals surface area contributed by atoms with E-state index in [0.717, 1.165) is 10.2 Å². The second kappa shape index (κ2) is 9.20. The Morgan fingerprint density at radius 2 is 1.97 bits per heavy atom. The van der Waals surface area contributed by atoms with Crippen LogP contribution in [0.5, 0.6) is 5.75 Å². The molecule has 0 N–H and O–H groups in total. The molecular weight excluding hydrogens is 394 g/mol. The minimum atomic E-state index is -0.370. The molecule has 0 spiro atoms. The molecule has 150 valence electrons. The number of hydrogen-bond donors (Lipinski definition) is 0. The number of aryl methyl sites for hydroxylation is 1. The average molecular weight is 414 g/mol. The van der Waals surface area contributed by atoms with Gasteiger partial charge in [0.25, 0.3) is 0 Å². The molecule has 0 bridgehead atoms. The molecule has 3 rings (SSSR count). The van der Waals surface area contributed by atoms with Crippen LogP contribution in [0.15, 0.2) is 58.5 Å². The number of rotatable bonds is 7. The Morgan fingerprint density at radius 1 is 1.21 bits per heavy atom. The molecule has 0 unspecified atom stereocenters. The molecule has 1 aromatic heterocycles. The zero-order valence-electron chi connectivity index (χ0n) is 16.2. The molecule has 0 radical (unpaired) electrons. The number of allylic oxidation sites excluding steroid dienone is 1. The van der Waals surface area contributed by atoms with Crippen LogP contribution in [0.4, 0.5) is 0 Å². The highest BCUT2D eigenvalue weighted by Crippen LogP contribution is 2.25. The van der Waals surface area contributed by atoms with Gasteiger partial charge in [-0.1, -0.05) is 41.0 Å². The van der Waals surface area contributed by atoms with Crippen molar-refractivity contribution in [3.63, 3.8) is 0 Å². The van der Waals surface area contributed by atoms with Gasteiger partial charge in [0.15, 0.2) is 0 Å². The highest BCUT2D eigenvalue weighted by molar-refractivity contribution is 6.30. The summed E-state index contributed by atoms with van der Waals surface area (Å²) in [5, 5.41) is 12.4. The number of nitrogens with zero attached hydrogens (tertiary/aromatic N) is 5. The van der Waals surface area contributed by atoms with E-state index in [4.69, 9.17) is 21.2 Å². The average Bonchev–Trinajstić information content (AvgIpc) is 3.06. The number of aromatic nitrogens is 4. The van der Waals surface area contributed by atoms with E-state index in [0.29, 0.717) is 27.7 Å². The van der Waals surface area contributed by atoms with Crippen LogP contribution in [0, 0.1) is 0 Å². The van der Waals surface area contributed by atoms with Gasteiger partial charge < -0.3 is 9.57 Å². The molecule has 0 saturated carbocycles. The Balaban J connectivity index is 1.77. The minimum Gasteiger partial charge on any atom is -0.496 e. The van der Waals surface area contributed by atoms with Crippen LogP contribution >= 0.6 is 11.6 Å². The number of hydrogen-bond acceptors (Lipinski definition) is 6. The monoisotopic (exact) mass is 413 g/mol. The SMILES string of the molecule is COc1cccc(-n2nnn(C)c2=O)c1CON=C(C)C=Cc1ccc(Cl)cc1. The predicted octanol–water partition coefficient (Wildman–Crippen LogP) is 3.23. The number of tetrazole rings is 1. The summed E-state index contributed by atoms with van der Waals surface area (Å²) in [4.78, 5) is 17.7. The van der Waals surface area contributed by atoms with Crippen molar-refractivity contribution in [1.82, 2.24) is 19.8 Å². The van der Waals surface area contributed by atoms with Gasteiger partial charge in [-0.15, -0.1) is 0 Å². The quantitative estimate of drug-likeness (QED) is 0.438. The summed E-state index contributed by atoms with van der Waals surface area (Å²) in [5.74, 6) is 0.560. The smallest absolute Gasteiger partial charge is 0.368 e. The van der Waals surface area contributed by atoms with Crippen LogP contribution in [0.2, 0.25) is 5.02 Å². The van der Waals surface area contributed by atoms with Crippen LogP contribution in [0.3, 0.4) is 0 Å². The van der Waals surface area contributed by atoms with E-state index in [2.05, 4.69) is 15.6 Å². The third kappa shape index (κ3) is 4.91. The lowest BCUT2D eigenvalue weighted by molar-refractivity contribution is 0.128. The van der Waals surface area contributed by atoms with Crippen molar-refractivity contribution in [1.29, 1.82) is 0 Å². The van der Waals surface area contributed by atoms with Gasteiger partial charge in [0, 0.05) is 12.1 Å². The number of benzene rings is 2. The maximum atomic E-state index is 12.2. The standard InChI is InChI=1S/C20H20ClN5O3/c1-14(7-8-15-9-11-16(21)12-10-15)22-29-13-17-18(5-4-6-19(17)28-3)26-20(27)25(2)23-24-26/h4-12H,13H2,1-3H3. The summed E-state index contributed by atoms with van der Waals surface area (Å²) in [6.07, 6.45) is 3.74. The molecule has 0 aliphatic rings. The Bertz CT molecular complexity index is 1100. The van der Waals surface area contributed by atoms with E-state index in [1.54, 1.807) is 25.3 Å². The molecule has 0 saturated heterocycles. The molecule has 8 nitrogen and oxygen atoms in total. The Hall–Kier alpha value is -3.39. The summed E-state index contributed by atoms with van der Waals surface area (Å²) >= 11 is 5.88. The normalized spacial score (nSPS) is 11.8. The van der Waals surface area contributed by atoms with Crippen LogP contribution in [-0.4, -0.2) is 32.6 Å². The highest BCUT2D eigenvalue weighted by Gasteiger charge is 2.15. The first-order valence-electron chi connectivity index (χ1n) is 8.75. The van der Waals surface area contributed by atoms with Gasteiger partial charge in [0.2, 0.25) is 0 Å². The molecule has 0 fully saturated rings. The lowest BCUT2D eigenvalue weighted by Gasteiger charge is -2.12. The molecule has 1 heterocycles. The van der Waals surface area contributed by atoms with E-state index >= 15 is 0 Å². The Morgan fingerprint density at radius 3 is 2.62 bits per heavy atom. The van der Waals surface area contributed by atoms with Crippen LogP contribution in [-0.2, 0) is 18.5 Å². The molecule has 0 aliphatic heterocycles. The first-order valence-corrected chi connectivity index (χ1v) is 9.13. The third-order valence-electron chi connectivity index (χ3n) is 4.08. The topological polar surface area (TPSA) is 83.5 Å². The van der Waals surface area contributed by atoms with Crippen molar-refractivity contribution >= 4 is 23.4 Å². The molecule has 3 aromatic rings. The molecule has 0 aliphatic carbocycles. The van der Waals surface area contributed by atoms with Crippen LogP contribution < -0.4 is 10.4 Å². The van der Waals surface area contributed by atoms with E-state index < -0.39 is 0 Å². The van der Waals surface area contributed by atoms with Gasteiger partial charge in [-0.2, -0.15) is 9.36 Å². The van der Waals surface area contributed by atoms with Crippen molar-refractivity contribution in [2.75, 3.05) is 7.11 Å². The van der Waals surface area contributed by atoms with Gasteiger partial charge in [0.05, 0.1) is 24.1 Å². The Labute approximate surface area is 172 Å². The van der Waals surface area contributed by atoms with Gasteiger partial charge in [0.1, 0.15) is 12.4 Å². The molecular formula is C20H20ClN5O3. The second-order valence-electron chi connectivity index (χ2n) is 6.15. The van der Waals surface area contributed by atoms with Gasteiger partial charge in [-0.3, -0.25) is 0 Å². The summed E-state index contributed by atoms with van der Waals surface area (Å²) in [5.41, 5.74) is 2.46. The van der Waals surface area contributed by atoms with Gasteiger partial charge in [-0.25, -0.2) is 4.79 Å². The summed E-state index contributed by atoms with van der Waals surface area (Å²) in [6.45, 7) is 1.91. The van der Waals surface area contributed by atoms with Gasteiger partial charge >= 0.3 is 5.69 Å². The maximum absolute atomic E-state index is 12.2. The molecule has 0 amide bonds. The Kier molecular flexibility index (Phi) is 6.46. The van der Waals surface area contributed by atoms with Crippen LogP contribution in [0.25, 0.3) is 11.8 Å². The largest absolute Gasteiger partial charge is 0.496 e. The first-order chi connectivity index (χ1) is 14.0. The number of ether oxygens (including phenoxy) is 1. The maximum Gasteiger partial charge on any atom is 0.368 e. The molecule has 29 heavy (non-hydrogen) atoms. The predicted molar refractivity (Wildman–Crippen MR) is 112 cm³/mol. The molecule has 9 heteroatoms. The zero-order valence-corrected chi connectivity index (χ0v) is 17.0. The lowest BCUT2D eigenvalue weighted by Crippen LogP contribution is -2.23. The van der Waals surface area contributed by atoms with E-state index in [1.807, 2.05) is 43.3 Å². The third-order valence-corrected chi connectivity index (χ3v) is 4.33. The number of methoxy groups -OCH3 is 1. The van der Waals surface area contributed by atoms with Crippen molar-refractivity contribution in [3.05, 3.63) is 75.2 Å². The van der Waals surface area contributed by atoms with E-state index in [9.17, 15) is 4.79 Å².